The standard InChI is InChI=1S/C27H24FN3O3/c1-17(2)26(33)29-20-15-13-19(14-16-20)24-25(22-11-7-8-12-23(22)28)30-31(27(24)34-18(3)32)21-9-5-4-6-10-21/h4-17H,1-3H3,(H,29,33). The molecule has 0 atom stereocenters. The summed E-state index contributed by atoms with van der Waals surface area (Å²) in [4.78, 5) is 24.1. The van der Waals surface area contributed by atoms with E-state index < -0.39 is 11.8 Å². The molecule has 0 saturated carbocycles. The van der Waals surface area contributed by atoms with Gasteiger partial charge in [-0.25, -0.2) is 4.39 Å². The molecule has 4 aromatic rings. The Kier molecular flexibility index (Phi) is 6.54. The highest BCUT2D eigenvalue weighted by Crippen LogP contribution is 2.41. The number of aromatic nitrogens is 2. The zero-order valence-corrected chi connectivity index (χ0v) is 19.1. The Morgan fingerprint density at radius 3 is 2.21 bits per heavy atom. The summed E-state index contributed by atoms with van der Waals surface area (Å²) in [5.74, 6) is -1.06. The lowest BCUT2D eigenvalue weighted by molar-refractivity contribution is -0.132. The lowest BCUT2D eigenvalue weighted by Crippen LogP contribution is -2.17. The van der Waals surface area contributed by atoms with Gasteiger partial charge < -0.3 is 10.1 Å². The molecule has 1 heterocycles. The minimum absolute atomic E-state index is 0.0997. The fourth-order valence-electron chi connectivity index (χ4n) is 3.49. The van der Waals surface area contributed by atoms with Gasteiger partial charge in [0.15, 0.2) is 0 Å². The Morgan fingerprint density at radius 2 is 1.59 bits per heavy atom. The number of hydrogen-bond acceptors (Lipinski definition) is 4. The van der Waals surface area contributed by atoms with Crippen LogP contribution in [0.4, 0.5) is 10.1 Å². The molecule has 34 heavy (non-hydrogen) atoms. The zero-order chi connectivity index (χ0) is 24.2. The molecule has 0 spiro atoms. The van der Waals surface area contributed by atoms with Gasteiger partial charge in [-0.1, -0.05) is 56.3 Å². The second-order valence-electron chi connectivity index (χ2n) is 8.07. The van der Waals surface area contributed by atoms with Gasteiger partial charge in [-0.2, -0.15) is 9.78 Å². The van der Waals surface area contributed by atoms with Gasteiger partial charge in [0, 0.05) is 24.1 Å². The Morgan fingerprint density at radius 1 is 0.941 bits per heavy atom. The van der Waals surface area contributed by atoms with E-state index in [0.29, 0.717) is 28.2 Å². The average Bonchev–Trinajstić information content (AvgIpc) is 3.18. The van der Waals surface area contributed by atoms with Crippen LogP contribution in [-0.4, -0.2) is 21.7 Å². The van der Waals surface area contributed by atoms with E-state index in [1.165, 1.54) is 17.7 Å². The van der Waals surface area contributed by atoms with E-state index >= 15 is 0 Å². The third kappa shape index (κ3) is 4.73. The summed E-state index contributed by atoms with van der Waals surface area (Å²) in [7, 11) is 0. The first kappa shape index (κ1) is 22.9. The van der Waals surface area contributed by atoms with Crippen LogP contribution in [0.5, 0.6) is 5.88 Å². The summed E-state index contributed by atoms with van der Waals surface area (Å²) >= 11 is 0. The number of ether oxygens (including phenoxy) is 1. The summed E-state index contributed by atoms with van der Waals surface area (Å²) in [5, 5.41) is 7.51. The number of carbonyl (C=O) groups is 2. The van der Waals surface area contributed by atoms with Gasteiger partial charge in [-0.3, -0.25) is 9.59 Å². The van der Waals surface area contributed by atoms with E-state index in [0.717, 1.165) is 0 Å². The second-order valence-corrected chi connectivity index (χ2v) is 8.07. The van der Waals surface area contributed by atoms with E-state index in [9.17, 15) is 14.0 Å². The third-order valence-electron chi connectivity index (χ3n) is 5.18. The summed E-state index contributed by atoms with van der Waals surface area (Å²) in [5.41, 5.74) is 3.00. The average molecular weight is 458 g/mol. The van der Waals surface area contributed by atoms with Crippen molar-refractivity contribution in [2.45, 2.75) is 20.8 Å². The first-order chi connectivity index (χ1) is 16.3. The second kappa shape index (κ2) is 9.70. The van der Waals surface area contributed by atoms with Crippen LogP contribution in [0.15, 0.2) is 78.9 Å². The Labute approximate surface area is 197 Å². The van der Waals surface area contributed by atoms with Crippen LogP contribution in [0.1, 0.15) is 20.8 Å². The predicted molar refractivity (Wildman–Crippen MR) is 129 cm³/mol. The number of nitrogens with zero attached hydrogens (tertiary/aromatic N) is 2. The van der Waals surface area contributed by atoms with Crippen molar-refractivity contribution < 1.29 is 18.7 Å². The summed E-state index contributed by atoms with van der Waals surface area (Å²) < 4.78 is 22.0. The van der Waals surface area contributed by atoms with Gasteiger partial charge >= 0.3 is 5.97 Å². The molecule has 1 aromatic heterocycles. The number of rotatable bonds is 6. The van der Waals surface area contributed by atoms with E-state index in [-0.39, 0.29) is 23.3 Å². The molecule has 4 rings (SSSR count). The number of amides is 1. The molecule has 7 heteroatoms. The highest BCUT2D eigenvalue weighted by Gasteiger charge is 2.26. The van der Waals surface area contributed by atoms with Crippen molar-refractivity contribution in [1.82, 2.24) is 9.78 Å². The molecule has 1 N–H and O–H groups in total. The van der Waals surface area contributed by atoms with Gasteiger partial charge in [0.1, 0.15) is 11.5 Å². The van der Waals surface area contributed by atoms with E-state index in [2.05, 4.69) is 10.4 Å². The SMILES string of the molecule is CC(=O)Oc1c(-c2ccc(NC(=O)C(C)C)cc2)c(-c2ccccc2F)nn1-c1ccccc1. The topological polar surface area (TPSA) is 73.2 Å². The van der Waals surface area contributed by atoms with Gasteiger partial charge in [0.2, 0.25) is 11.8 Å². The molecule has 172 valence electrons. The molecule has 3 aromatic carbocycles. The van der Waals surface area contributed by atoms with Crippen LogP contribution in [0.25, 0.3) is 28.1 Å². The number of esters is 1. The fourth-order valence-corrected chi connectivity index (χ4v) is 3.49. The Bertz CT molecular complexity index is 1330. The van der Waals surface area contributed by atoms with Crippen molar-refractivity contribution in [1.29, 1.82) is 0 Å². The number of nitrogens with one attached hydrogen (secondary N) is 1. The molecule has 0 fully saturated rings. The molecule has 0 aliphatic rings. The number of hydrogen-bond donors (Lipinski definition) is 1. The van der Waals surface area contributed by atoms with Crippen LogP contribution in [0, 0.1) is 11.7 Å². The highest BCUT2D eigenvalue weighted by molar-refractivity contribution is 5.93. The maximum absolute atomic E-state index is 14.9. The minimum atomic E-state index is -0.528. The van der Waals surface area contributed by atoms with Crippen molar-refractivity contribution in [3.63, 3.8) is 0 Å². The van der Waals surface area contributed by atoms with E-state index in [1.54, 1.807) is 42.5 Å². The van der Waals surface area contributed by atoms with E-state index in [1.807, 2.05) is 44.2 Å². The van der Waals surface area contributed by atoms with Crippen LogP contribution in [0.3, 0.4) is 0 Å². The van der Waals surface area contributed by atoms with Gasteiger partial charge in [0.25, 0.3) is 0 Å². The van der Waals surface area contributed by atoms with Gasteiger partial charge in [0.05, 0.1) is 11.3 Å². The first-order valence-electron chi connectivity index (χ1n) is 10.9. The molecule has 0 unspecified atom stereocenters. The summed E-state index contributed by atoms with van der Waals surface area (Å²) in [6.45, 7) is 4.93. The molecule has 0 bridgehead atoms. The summed E-state index contributed by atoms with van der Waals surface area (Å²) in [6.07, 6.45) is 0. The minimum Gasteiger partial charge on any atom is -0.407 e. The number of anilines is 1. The molecule has 0 aliphatic heterocycles. The fraction of sp³-hybridized carbons (Fsp3) is 0.148. The maximum Gasteiger partial charge on any atom is 0.309 e. The zero-order valence-electron chi connectivity index (χ0n) is 19.1. The summed E-state index contributed by atoms with van der Waals surface area (Å²) in [6, 6.07) is 22.5. The molecule has 0 radical (unpaired) electrons. The van der Waals surface area contributed by atoms with E-state index in [4.69, 9.17) is 4.74 Å². The smallest absolute Gasteiger partial charge is 0.309 e. The molecule has 0 aliphatic carbocycles. The number of para-hydroxylation sites is 1. The van der Waals surface area contributed by atoms with Crippen LogP contribution in [-0.2, 0) is 9.59 Å². The molecule has 1 amide bonds. The monoisotopic (exact) mass is 457 g/mol. The largest absolute Gasteiger partial charge is 0.407 e. The van der Waals surface area contributed by atoms with Crippen molar-refractivity contribution in [2.24, 2.45) is 5.92 Å². The molecular formula is C27H24FN3O3. The Balaban J connectivity index is 1.92. The lowest BCUT2D eigenvalue weighted by atomic mass is 10.0. The third-order valence-corrected chi connectivity index (χ3v) is 5.18. The predicted octanol–water partition coefficient (Wildman–Crippen LogP) is 5.87. The lowest BCUT2D eigenvalue weighted by Gasteiger charge is -2.11. The van der Waals surface area contributed by atoms with Gasteiger partial charge in [-0.15, -0.1) is 0 Å². The van der Waals surface area contributed by atoms with Crippen molar-refractivity contribution in [2.75, 3.05) is 5.32 Å². The van der Waals surface area contributed by atoms with Crippen LogP contribution in [0.2, 0.25) is 0 Å². The number of halogens is 1. The maximum atomic E-state index is 14.9. The Hall–Kier alpha value is -4.26. The van der Waals surface area contributed by atoms with Crippen LogP contribution >= 0.6 is 0 Å². The van der Waals surface area contributed by atoms with Crippen molar-refractivity contribution in [3.8, 4) is 34.0 Å². The van der Waals surface area contributed by atoms with Crippen molar-refractivity contribution in [3.05, 3.63) is 84.7 Å². The van der Waals surface area contributed by atoms with Crippen molar-refractivity contribution >= 4 is 17.6 Å². The highest BCUT2D eigenvalue weighted by atomic mass is 19.1. The number of carbonyl (C=O) groups excluding carboxylic acids is 2. The quantitative estimate of drug-likeness (QED) is 0.368. The number of benzene rings is 3. The molecule has 0 saturated heterocycles. The van der Waals surface area contributed by atoms with Gasteiger partial charge in [-0.05, 0) is 42.0 Å². The normalized spacial score (nSPS) is 10.9. The molecular weight excluding hydrogens is 433 g/mol. The first-order valence-corrected chi connectivity index (χ1v) is 10.9. The molecule has 6 nitrogen and oxygen atoms in total. The van der Waals surface area contributed by atoms with Crippen LogP contribution < -0.4 is 10.1 Å².